The Bertz CT molecular complexity index is 189. The van der Waals surface area contributed by atoms with Crippen LogP contribution in [-0.2, 0) is 14.3 Å². The molecule has 0 radical (unpaired) electrons. The fourth-order valence-corrected chi connectivity index (χ4v) is 0.789. The molecule has 0 aromatic heterocycles. The highest BCUT2D eigenvalue weighted by molar-refractivity contribution is 5.73. The molecule has 5 heteroatoms. The second-order valence-corrected chi connectivity index (χ2v) is 3.28. The topological polar surface area (TPSA) is 83.8 Å². The first-order valence-corrected chi connectivity index (χ1v) is 5.52. The van der Waals surface area contributed by atoms with E-state index in [0.29, 0.717) is 13.0 Å². The molecule has 1 atom stereocenters. The van der Waals surface area contributed by atoms with Gasteiger partial charge < -0.3 is 14.9 Å². The van der Waals surface area contributed by atoms with Crippen LogP contribution in [0.15, 0.2) is 0 Å². The van der Waals surface area contributed by atoms with Crippen LogP contribution in [0.4, 0.5) is 0 Å². The normalized spacial score (nSPS) is 11.0. The summed E-state index contributed by atoms with van der Waals surface area (Å²) in [5.74, 6) is -1.24. The third kappa shape index (κ3) is 15.4. The van der Waals surface area contributed by atoms with E-state index in [0.717, 1.165) is 19.3 Å². The Morgan fingerprint density at radius 2 is 1.81 bits per heavy atom. The van der Waals surface area contributed by atoms with Gasteiger partial charge in [0.05, 0.1) is 6.61 Å². The first kappa shape index (κ1) is 17.3. The summed E-state index contributed by atoms with van der Waals surface area (Å²) in [5.41, 5.74) is 0. The highest BCUT2D eigenvalue weighted by atomic mass is 16.5. The molecule has 0 aromatic rings. The van der Waals surface area contributed by atoms with Gasteiger partial charge in [0.2, 0.25) is 0 Å². The zero-order chi connectivity index (χ0) is 13.0. The van der Waals surface area contributed by atoms with Crippen molar-refractivity contribution in [2.75, 3.05) is 6.61 Å². The largest absolute Gasteiger partial charge is 0.481 e. The Morgan fingerprint density at radius 3 is 2.06 bits per heavy atom. The molecule has 0 aromatic carbocycles. The minimum absolute atomic E-state index is 0.323. The van der Waals surface area contributed by atoms with Gasteiger partial charge in [-0.1, -0.05) is 19.8 Å². The molecule has 0 aliphatic carbocycles. The van der Waals surface area contributed by atoms with E-state index in [-0.39, 0.29) is 0 Å². The minimum Gasteiger partial charge on any atom is -0.481 e. The van der Waals surface area contributed by atoms with Crippen LogP contribution in [0.1, 0.15) is 46.5 Å². The highest BCUT2D eigenvalue weighted by Crippen LogP contribution is 1.97. The van der Waals surface area contributed by atoms with Crippen LogP contribution in [0.5, 0.6) is 0 Å². The quantitative estimate of drug-likeness (QED) is 0.538. The molecule has 16 heavy (non-hydrogen) atoms. The Morgan fingerprint density at radius 1 is 1.25 bits per heavy atom. The lowest BCUT2D eigenvalue weighted by atomic mass is 10.2. The number of rotatable bonds is 6. The summed E-state index contributed by atoms with van der Waals surface area (Å²) in [4.78, 5) is 20.1. The predicted octanol–water partition coefficient (Wildman–Crippen LogP) is 1.58. The molecule has 0 aliphatic heterocycles. The highest BCUT2D eigenvalue weighted by Gasteiger charge is 2.07. The number of carboxylic acid groups (broad SMARTS) is 1. The summed E-state index contributed by atoms with van der Waals surface area (Å²) in [7, 11) is 0. The van der Waals surface area contributed by atoms with Crippen LogP contribution < -0.4 is 0 Å². The van der Waals surface area contributed by atoms with Gasteiger partial charge >= 0.3 is 11.9 Å². The molecule has 0 aliphatic rings. The maximum absolute atomic E-state index is 10.3. The molecule has 5 nitrogen and oxygen atoms in total. The molecule has 0 saturated carbocycles. The molecule has 0 rings (SSSR count). The van der Waals surface area contributed by atoms with Gasteiger partial charge in [-0.15, -0.1) is 0 Å². The molecule has 96 valence electrons. The number of aliphatic carboxylic acids is 1. The molecule has 0 bridgehead atoms. The second-order valence-electron chi connectivity index (χ2n) is 3.28. The van der Waals surface area contributed by atoms with E-state index in [1.165, 1.54) is 6.92 Å². The summed E-state index contributed by atoms with van der Waals surface area (Å²) in [5, 5.41) is 16.6. The van der Waals surface area contributed by atoms with Crippen molar-refractivity contribution in [2.45, 2.75) is 52.6 Å². The van der Waals surface area contributed by atoms with Gasteiger partial charge in [-0.05, 0) is 20.3 Å². The fraction of sp³-hybridized carbons (Fsp3) is 0.818. The molecule has 0 saturated heterocycles. The first-order valence-electron chi connectivity index (χ1n) is 5.52. The minimum atomic E-state index is -0.991. The third-order valence-electron chi connectivity index (χ3n) is 1.62. The zero-order valence-corrected chi connectivity index (χ0v) is 10.2. The van der Waals surface area contributed by atoms with E-state index >= 15 is 0 Å². The van der Waals surface area contributed by atoms with Crippen molar-refractivity contribution in [2.24, 2.45) is 0 Å². The monoisotopic (exact) mass is 234 g/mol. The summed E-state index contributed by atoms with van der Waals surface area (Å²) in [6, 6.07) is 0. The number of esters is 1. The van der Waals surface area contributed by atoms with Crippen molar-refractivity contribution < 1.29 is 24.5 Å². The smallest absolute Gasteiger partial charge is 0.334 e. The van der Waals surface area contributed by atoms with Crippen molar-refractivity contribution in [3.63, 3.8) is 0 Å². The van der Waals surface area contributed by atoms with Crippen molar-refractivity contribution in [3.05, 3.63) is 0 Å². The number of carboxylic acids is 1. The molecule has 0 spiro atoms. The molecular weight excluding hydrogens is 212 g/mol. The van der Waals surface area contributed by atoms with Gasteiger partial charge in [-0.3, -0.25) is 4.79 Å². The van der Waals surface area contributed by atoms with Gasteiger partial charge in [0.25, 0.3) is 0 Å². The maximum atomic E-state index is 10.3. The lowest BCUT2D eigenvalue weighted by Gasteiger charge is -2.01. The average molecular weight is 234 g/mol. The van der Waals surface area contributed by atoms with Crippen molar-refractivity contribution >= 4 is 11.9 Å². The molecule has 1 unspecified atom stereocenters. The van der Waals surface area contributed by atoms with Crippen LogP contribution in [0.3, 0.4) is 0 Å². The van der Waals surface area contributed by atoms with E-state index in [4.69, 9.17) is 10.2 Å². The van der Waals surface area contributed by atoms with Gasteiger partial charge in [-0.25, -0.2) is 4.79 Å². The summed E-state index contributed by atoms with van der Waals surface area (Å²) in [6.07, 6.45) is 2.29. The average Bonchev–Trinajstić information content (AvgIpc) is 2.19. The number of carbonyl (C=O) groups excluding carboxylic acids is 1. The van der Waals surface area contributed by atoms with E-state index in [1.54, 1.807) is 6.92 Å². The summed E-state index contributed by atoms with van der Waals surface area (Å²) >= 11 is 0. The van der Waals surface area contributed by atoms with Crippen molar-refractivity contribution in [1.29, 1.82) is 0 Å². The molecule has 0 heterocycles. The zero-order valence-electron chi connectivity index (χ0n) is 10.2. The predicted molar refractivity (Wildman–Crippen MR) is 60.1 cm³/mol. The Labute approximate surface area is 96.4 Å². The second kappa shape index (κ2) is 12.0. The molecule has 0 amide bonds. The molecule has 2 N–H and O–H groups in total. The number of carbonyl (C=O) groups is 2. The third-order valence-corrected chi connectivity index (χ3v) is 1.62. The van der Waals surface area contributed by atoms with E-state index in [1.807, 2.05) is 0 Å². The van der Waals surface area contributed by atoms with Crippen LogP contribution in [-0.4, -0.2) is 34.9 Å². The van der Waals surface area contributed by atoms with Gasteiger partial charge in [0.1, 0.15) is 6.10 Å². The SMILES string of the molecule is CCCCCC(=O)O.CCOC(=O)C(C)O. The van der Waals surface area contributed by atoms with Crippen LogP contribution in [0, 0.1) is 0 Å². The number of hydrogen-bond acceptors (Lipinski definition) is 4. The summed E-state index contributed by atoms with van der Waals surface area (Å²) in [6.45, 7) is 5.45. The van der Waals surface area contributed by atoms with E-state index < -0.39 is 18.0 Å². The van der Waals surface area contributed by atoms with Crippen molar-refractivity contribution in [3.8, 4) is 0 Å². The van der Waals surface area contributed by atoms with E-state index in [2.05, 4.69) is 11.7 Å². The van der Waals surface area contributed by atoms with E-state index in [9.17, 15) is 9.59 Å². The van der Waals surface area contributed by atoms with Gasteiger partial charge in [0.15, 0.2) is 0 Å². The Balaban J connectivity index is 0. The van der Waals surface area contributed by atoms with Gasteiger partial charge in [0, 0.05) is 6.42 Å². The summed E-state index contributed by atoms with van der Waals surface area (Å²) < 4.78 is 4.41. The number of aliphatic hydroxyl groups is 1. The standard InChI is InChI=1S/C6H12O2.C5H10O3/c1-2-3-4-5-6(7)8;1-3-8-5(7)4(2)6/h2-5H2,1H3,(H,7,8);4,6H,3H2,1-2H3. The maximum Gasteiger partial charge on any atom is 0.334 e. The van der Waals surface area contributed by atoms with Crippen LogP contribution >= 0.6 is 0 Å². The Hall–Kier alpha value is -1.10. The lowest BCUT2D eigenvalue weighted by Crippen LogP contribution is -2.18. The van der Waals surface area contributed by atoms with Crippen LogP contribution in [0.2, 0.25) is 0 Å². The number of unbranched alkanes of at least 4 members (excludes halogenated alkanes) is 2. The number of aliphatic hydroxyl groups excluding tert-OH is 1. The lowest BCUT2D eigenvalue weighted by molar-refractivity contribution is -0.151. The van der Waals surface area contributed by atoms with Crippen molar-refractivity contribution in [1.82, 2.24) is 0 Å². The first-order chi connectivity index (χ1) is 7.45. The number of ether oxygens (including phenoxy) is 1. The van der Waals surface area contributed by atoms with Crippen LogP contribution in [0.25, 0.3) is 0 Å². The molecular formula is C11H22O5. The fourth-order valence-electron chi connectivity index (χ4n) is 0.789. The van der Waals surface area contributed by atoms with Gasteiger partial charge in [-0.2, -0.15) is 0 Å². The number of hydrogen-bond donors (Lipinski definition) is 2. The molecule has 0 fully saturated rings. The Kier molecular flexibility index (Phi) is 12.9.